The van der Waals surface area contributed by atoms with E-state index in [0.717, 1.165) is 0 Å². The number of nitrogens with zero attached hydrogens (tertiary/aromatic N) is 3. The first kappa shape index (κ1) is 4.64. The molecule has 11 heavy (non-hydrogen) atoms. The molecule has 4 nitrogen and oxygen atoms in total. The Morgan fingerprint density at radius 1 is 1.64 bits per heavy atom. The summed E-state index contributed by atoms with van der Waals surface area (Å²) in [6, 6.07) is 0. The number of nitrogen functional groups attached to an aromatic ring is 1. The Morgan fingerprint density at radius 2 is 2.36 bits per heavy atom. The predicted octanol–water partition coefficient (Wildman–Crippen LogP) is 0.751. The number of aromatic nitrogens is 3. The van der Waals surface area contributed by atoms with E-state index >= 15 is 0 Å². The van der Waals surface area contributed by atoms with Crippen molar-refractivity contribution >= 4 is 5.95 Å². The molecule has 1 rings (SSSR count). The lowest BCUT2D eigenvalue weighted by atomic mass is 9.93. The maximum Gasteiger partial charge on any atom is 0.240 e. The lowest BCUT2D eigenvalue weighted by molar-refractivity contribution is 0.562. The SMILES string of the molecule is [2H]C([2H])([2H])C(C)(C)c1cnnc(N)n1. The van der Waals surface area contributed by atoms with Crippen LogP contribution in [0, 0.1) is 0 Å². The first-order valence-electron chi connectivity index (χ1n) is 4.71. The van der Waals surface area contributed by atoms with Crippen molar-refractivity contribution in [3.8, 4) is 0 Å². The lowest BCUT2D eigenvalue weighted by Gasteiger charge is -2.15. The Labute approximate surface area is 70.1 Å². The summed E-state index contributed by atoms with van der Waals surface area (Å²) < 4.78 is 22.0. The molecule has 1 heterocycles. The molecule has 1 aromatic heterocycles. The number of rotatable bonds is 0. The van der Waals surface area contributed by atoms with E-state index in [4.69, 9.17) is 9.85 Å². The van der Waals surface area contributed by atoms with Gasteiger partial charge in [-0.25, -0.2) is 4.98 Å². The highest BCUT2D eigenvalue weighted by Gasteiger charge is 2.15. The third kappa shape index (κ3) is 1.86. The lowest BCUT2D eigenvalue weighted by Crippen LogP contribution is -2.15. The first-order valence-corrected chi connectivity index (χ1v) is 3.21. The van der Waals surface area contributed by atoms with Crippen molar-refractivity contribution in [2.24, 2.45) is 0 Å². The van der Waals surface area contributed by atoms with Crippen LogP contribution < -0.4 is 5.73 Å². The summed E-state index contributed by atoms with van der Waals surface area (Å²) in [6.07, 6.45) is 1.32. The van der Waals surface area contributed by atoms with Gasteiger partial charge < -0.3 is 5.73 Å². The van der Waals surface area contributed by atoms with Gasteiger partial charge in [0.25, 0.3) is 0 Å². The van der Waals surface area contributed by atoms with E-state index in [1.165, 1.54) is 6.20 Å². The number of hydrogen-bond donors (Lipinski definition) is 1. The van der Waals surface area contributed by atoms with E-state index in [0.29, 0.717) is 5.69 Å². The molecular weight excluding hydrogens is 140 g/mol. The molecule has 0 aromatic carbocycles. The van der Waals surface area contributed by atoms with Crippen LogP contribution >= 0.6 is 0 Å². The summed E-state index contributed by atoms with van der Waals surface area (Å²) in [7, 11) is 0. The van der Waals surface area contributed by atoms with Gasteiger partial charge in [-0.05, 0) is 0 Å². The molecule has 0 radical (unpaired) electrons. The molecule has 0 saturated carbocycles. The molecule has 0 amide bonds. The Balaban J connectivity index is 3.16. The summed E-state index contributed by atoms with van der Waals surface area (Å²) in [4.78, 5) is 3.86. The number of nitrogens with two attached hydrogens (primary N) is 1. The van der Waals surface area contributed by atoms with E-state index in [1.54, 1.807) is 13.8 Å². The van der Waals surface area contributed by atoms with Crippen molar-refractivity contribution in [2.75, 3.05) is 5.73 Å². The van der Waals surface area contributed by atoms with E-state index in [-0.39, 0.29) is 5.95 Å². The van der Waals surface area contributed by atoms with Crippen LogP contribution in [-0.4, -0.2) is 15.2 Å². The Kier molecular flexibility index (Phi) is 1.03. The van der Waals surface area contributed by atoms with Crippen LogP contribution in [0.15, 0.2) is 6.20 Å². The summed E-state index contributed by atoms with van der Waals surface area (Å²) in [6.45, 7) is 1.00. The molecular formula is C7H12N4. The van der Waals surface area contributed by atoms with Crippen LogP contribution in [0.3, 0.4) is 0 Å². The fourth-order valence-corrected chi connectivity index (χ4v) is 0.618. The summed E-state index contributed by atoms with van der Waals surface area (Å²) in [5.41, 5.74) is 4.58. The van der Waals surface area contributed by atoms with Gasteiger partial charge in [-0.3, -0.25) is 0 Å². The average molecular weight is 155 g/mol. The minimum Gasteiger partial charge on any atom is -0.366 e. The second-order valence-electron chi connectivity index (χ2n) is 2.82. The smallest absolute Gasteiger partial charge is 0.240 e. The van der Waals surface area contributed by atoms with Crippen molar-refractivity contribution < 1.29 is 4.11 Å². The van der Waals surface area contributed by atoms with Crippen molar-refractivity contribution in [1.82, 2.24) is 15.2 Å². The van der Waals surface area contributed by atoms with Gasteiger partial charge >= 0.3 is 0 Å². The van der Waals surface area contributed by atoms with Gasteiger partial charge in [0.2, 0.25) is 5.95 Å². The van der Waals surface area contributed by atoms with E-state index in [1.807, 2.05) is 0 Å². The predicted molar refractivity (Wildman–Crippen MR) is 42.9 cm³/mol. The van der Waals surface area contributed by atoms with Gasteiger partial charge in [0.15, 0.2) is 0 Å². The zero-order valence-corrected chi connectivity index (χ0v) is 6.50. The monoisotopic (exact) mass is 155 g/mol. The molecule has 0 atom stereocenters. The fraction of sp³-hybridized carbons (Fsp3) is 0.571. The largest absolute Gasteiger partial charge is 0.366 e. The van der Waals surface area contributed by atoms with Gasteiger partial charge in [0.05, 0.1) is 11.9 Å². The Morgan fingerprint density at radius 3 is 2.91 bits per heavy atom. The minimum atomic E-state index is -2.14. The molecule has 0 bridgehead atoms. The molecule has 0 aliphatic rings. The van der Waals surface area contributed by atoms with Gasteiger partial charge in [-0.2, -0.15) is 5.10 Å². The highest BCUT2D eigenvalue weighted by atomic mass is 15.2. The Bertz CT molecular complexity index is 334. The van der Waals surface area contributed by atoms with Crippen molar-refractivity contribution in [2.45, 2.75) is 26.1 Å². The molecule has 2 N–H and O–H groups in total. The normalized spacial score (nSPS) is 16.7. The van der Waals surface area contributed by atoms with Crippen LogP contribution in [0.4, 0.5) is 5.95 Å². The minimum absolute atomic E-state index is 0.0141. The zero-order chi connectivity index (χ0) is 11.0. The van der Waals surface area contributed by atoms with E-state index in [2.05, 4.69) is 15.2 Å². The molecule has 0 unspecified atom stereocenters. The maximum absolute atomic E-state index is 7.35. The number of hydrogen-bond acceptors (Lipinski definition) is 4. The van der Waals surface area contributed by atoms with E-state index < -0.39 is 12.3 Å². The van der Waals surface area contributed by atoms with Gasteiger partial charge in [0, 0.05) is 9.53 Å². The maximum atomic E-state index is 7.35. The van der Waals surface area contributed by atoms with Crippen molar-refractivity contribution in [3.05, 3.63) is 11.9 Å². The molecule has 0 saturated heterocycles. The number of anilines is 1. The summed E-state index contributed by atoms with van der Waals surface area (Å²) in [5, 5.41) is 7.04. The standard InChI is InChI=1S/C7H12N4/c1-7(2,3)5-4-9-11-6(8)10-5/h4H,1-3H3,(H2,8,10,11)/i1D3. The van der Waals surface area contributed by atoms with Gasteiger partial charge in [-0.1, -0.05) is 20.7 Å². The van der Waals surface area contributed by atoms with Crippen LogP contribution in [0.5, 0.6) is 0 Å². The van der Waals surface area contributed by atoms with Gasteiger partial charge in [-0.15, -0.1) is 5.10 Å². The molecule has 0 fully saturated rings. The first-order chi connectivity index (χ1) is 6.25. The van der Waals surface area contributed by atoms with Crippen LogP contribution in [0.25, 0.3) is 0 Å². The summed E-state index contributed by atoms with van der Waals surface area (Å²) in [5.74, 6) is -0.0141. The van der Waals surface area contributed by atoms with Crippen LogP contribution in [0.1, 0.15) is 30.5 Å². The second kappa shape index (κ2) is 2.45. The zero-order valence-electron chi connectivity index (χ0n) is 9.50. The van der Waals surface area contributed by atoms with Crippen LogP contribution in [0.2, 0.25) is 0 Å². The molecule has 0 spiro atoms. The second-order valence-corrected chi connectivity index (χ2v) is 2.82. The van der Waals surface area contributed by atoms with Crippen LogP contribution in [-0.2, 0) is 5.41 Å². The van der Waals surface area contributed by atoms with E-state index in [9.17, 15) is 0 Å². The highest BCUT2D eigenvalue weighted by molar-refractivity contribution is 5.17. The van der Waals surface area contributed by atoms with Crippen molar-refractivity contribution in [1.29, 1.82) is 0 Å². The molecule has 60 valence electrons. The third-order valence-electron chi connectivity index (χ3n) is 1.22. The topological polar surface area (TPSA) is 64.7 Å². The van der Waals surface area contributed by atoms with Crippen molar-refractivity contribution in [3.63, 3.8) is 0 Å². The summed E-state index contributed by atoms with van der Waals surface area (Å²) >= 11 is 0. The Hall–Kier alpha value is -1.19. The van der Waals surface area contributed by atoms with Gasteiger partial charge in [0.1, 0.15) is 0 Å². The highest BCUT2D eigenvalue weighted by Crippen LogP contribution is 2.18. The molecule has 4 heteroatoms. The average Bonchev–Trinajstić information content (AvgIpc) is 2.02. The molecule has 0 aliphatic heterocycles. The molecule has 1 aromatic rings. The molecule has 0 aliphatic carbocycles. The quantitative estimate of drug-likeness (QED) is 0.600. The fourth-order valence-electron chi connectivity index (χ4n) is 0.618. The third-order valence-corrected chi connectivity index (χ3v) is 1.22.